The van der Waals surface area contributed by atoms with Crippen LogP contribution in [0.3, 0.4) is 0 Å². The lowest BCUT2D eigenvalue weighted by atomic mass is 9.94. The van der Waals surface area contributed by atoms with E-state index in [9.17, 15) is 4.79 Å². The standard InChI is InChI=1S/C15H21ClN2OS/c1-11(20-14-13(16)9-6-10-17-14)15(19)18(2)12-7-4-3-5-8-12/h6,9-12H,3-5,7-8H2,1-2H3/t11-/m0/s1. The van der Waals surface area contributed by atoms with Crippen LogP contribution < -0.4 is 0 Å². The van der Waals surface area contributed by atoms with Crippen molar-refractivity contribution in [1.29, 1.82) is 0 Å². The van der Waals surface area contributed by atoms with Crippen molar-refractivity contribution >= 4 is 29.3 Å². The zero-order chi connectivity index (χ0) is 14.5. The number of amides is 1. The summed E-state index contributed by atoms with van der Waals surface area (Å²) in [6.45, 7) is 1.93. The van der Waals surface area contributed by atoms with Crippen molar-refractivity contribution in [3.05, 3.63) is 23.4 Å². The Morgan fingerprint density at radius 3 is 2.80 bits per heavy atom. The second-order valence-corrected chi connectivity index (χ2v) is 7.03. The molecule has 1 aromatic heterocycles. The molecule has 0 aliphatic heterocycles. The Labute approximate surface area is 130 Å². The van der Waals surface area contributed by atoms with E-state index in [1.807, 2.05) is 18.9 Å². The van der Waals surface area contributed by atoms with Crippen LogP contribution in [0.1, 0.15) is 39.0 Å². The van der Waals surface area contributed by atoms with Crippen molar-refractivity contribution in [3.8, 4) is 0 Å². The van der Waals surface area contributed by atoms with Crippen LogP contribution in [0.4, 0.5) is 0 Å². The Bertz CT molecular complexity index is 463. The molecule has 0 unspecified atom stereocenters. The molecule has 0 N–H and O–H groups in total. The first-order valence-corrected chi connectivity index (χ1v) is 8.39. The second-order valence-electron chi connectivity index (χ2n) is 5.29. The van der Waals surface area contributed by atoms with Gasteiger partial charge in [0.25, 0.3) is 0 Å². The van der Waals surface area contributed by atoms with Gasteiger partial charge in [-0.25, -0.2) is 4.98 Å². The van der Waals surface area contributed by atoms with Gasteiger partial charge < -0.3 is 4.90 Å². The van der Waals surface area contributed by atoms with Gasteiger partial charge in [0, 0.05) is 19.3 Å². The van der Waals surface area contributed by atoms with Crippen LogP contribution in [0.2, 0.25) is 5.02 Å². The third-order valence-corrected chi connectivity index (χ3v) is 5.35. The van der Waals surface area contributed by atoms with Crippen LogP contribution in [0.15, 0.2) is 23.4 Å². The average Bonchev–Trinajstić information content (AvgIpc) is 2.49. The van der Waals surface area contributed by atoms with Crippen molar-refractivity contribution in [3.63, 3.8) is 0 Å². The van der Waals surface area contributed by atoms with Gasteiger partial charge in [0.1, 0.15) is 5.03 Å². The zero-order valence-corrected chi connectivity index (χ0v) is 13.6. The molecule has 0 spiro atoms. The average molecular weight is 313 g/mol. The summed E-state index contributed by atoms with van der Waals surface area (Å²) < 4.78 is 0. The lowest BCUT2D eigenvalue weighted by Crippen LogP contribution is -2.42. The summed E-state index contributed by atoms with van der Waals surface area (Å²) in [5.74, 6) is 0.170. The number of rotatable bonds is 4. The van der Waals surface area contributed by atoms with Crippen molar-refractivity contribution in [2.24, 2.45) is 0 Å². The number of nitrogens with zero attached hydrogens (tertiary/aromatic N) is 2. The van der Waals surface area contributed by atoms with Gasteiger partial charge in [-0.05, 0) is 31.9 Å². The maximum atomic E-state index is 12.5. The molecule has 1 aliphatic carbocycles. The molecule has 0 radical (unpaired) electrons. The summed E-state index contributed by atoms with van der Waals surface area (Å²) in [5, 5.41) is 1.18. The van der Waals surface area contributed by atoms with E-state index in [1.165, 1.54) is 31.0 Å². The second kappa shape index (κ2) is 7.32. The highest BCUT2D eigenvalue weighted by Gasteiger charge is 2.26. The van der Waals surface area contributed by atoms with Gasteiger partial charge in [0.05, 0.1) is 10.3 Å². The fourth-order valence-electron chi connectivity index (χ4n) is 2.61. The zero-order valence-electron chi connectivity index (χ0n) is 12.0. The molecule has 1 heterocycles. The number of hydrogen-bond acceptors (Lipinski definition) is 3. The van der Waals surface area contributed by atoms with Crippen LogP contribution in [-0.4, -0.2) is 34.1 Å². The highest BCUT2D eigenvalue weighted by atomic mass is 35.5. The molecule has 1 aliphatic rings. The molecule has 20 heavy (non-hydrogen) atoms. The van der Waals surface area contributed by atoms with Gasteiger partial charge in [-0.3, -0.25) is 4.79 Å². The van der Waals surface area contributed by atoms with Crippen LogP contribution in [0, 0.1) is 0 Å². The van der Waals surface area contributed by atoms with E-state index in [0.29, 0.717) is 11.1 Å². The van der Waals surface area contributed by atoms with Gasteiger partial charge in [-0.15, -0.1) is 0 Å². The molecular formula is C15H21ClN2OS. The molecular weight excluding hydrogens is 292 g/mol. The predicted molar refractivity (Wildman–Crippen MR) is 84.2 cm³/mol. The summed E-state index contributed by atoms with van der Waals surface area (Å²) in [7, 11) is 1.93. The SMILES string of the molecule is C[C@H](Sc1ncccc1Cl)C(=O)N(C)C1CCCCC1. The third kappa shape index (κ3) is 3.89. The normalized spacial score (nSPS) is 17.8. The minimum absolute atomic E-state index is 0.158. The van der Waals surface area contributed by atoms with Crippen LogP contribution in [0.5, 0.6) is 0 Å². The van der Waals surface area contributed by atoms with Gasteiger partial charge in [-0.1, -0.05) is 42.6 Å². The number of halogens is 1. The smallest absolute Gasteiger partial charge is 0.235 e. The summed E-state index contributed by atoms with van der Waals surface area (Å²) in [6.07, 6.45) is 7.72. The van der Waals surface area contributed by atoms with Crippen molar-refractivity contribution in [2.75, 3.05) is 7.05 Å². The lowest BCUT2D eigenvalue weighted by Gasteiger charge is -2.32. The first-order chi connectivity index (χ1) is 9.59. The first-order valence-electron chi connectivity index (χ1n) is 7.13. The highest BCUT2D eigenvalue weighted by molar-refractivity contribution is 8.00. The first kappa shape index (κ1) is 15.6. The van der Waals surface area contributed by atoms with Gasteiger partial charge in [0.15, 0.2) is 0 Å². The Morgan fingerprint density at radius 2 is 2.15 bits per heavy atom. The van der Waals surface area contributed by atoms with E-state index in [0.717, 1.165) is 17.9 Å². The van der Waals surface area contributed by atoms with Crippen molar-refractivity contribution < 1.29 is 4.79 Å². The third-order valence-electron chi connectivity index (χ3n) is 3.83. The van der Waals surface area contributed by atoms with E-state index in [-0.39, 0.29) is 11.2 Å². The van der Waals surface area contributed by atoms with Crippen LogP contribution in [0.25, 0.3) is 0 Å². The molecule has 0 bridgehead atoms. The summed E-state index contributed by atoms with van der Waals surface area (Å²) in [4.78, 5) is 18.6. The molecule has 110 valence electrons. The van der Waals surface area contributed by atoms with E-state index in [4.69, 9.17) is 11.6 Å². The number of carbonyl (C=O) groups is 1. The van der Waals surface area contributed by atoms with Gasteiger partial charge in [-0.2, -0.15) is 0 Å². The molecule has 1 fully saturated rings. The molecule has 1 amide bonds. The summed E-state index contributed by atoms with van der Waals surface area (Å²) in [6, 6.07) is 4.00. The highest BCUT2D eigenvalue weighted by Crippen LogP contribution is 2.30. The molecule has 0 saturated heterocycles. The largest absolute Gasteiger partial charge is 0.342 e. The number of pyridine rings is 1. The maximum absolute atomic E-state index is 12.5. The van der Waals surface area contributed by atoms with Crippen LogP contribution >= 0.6 is 23.4 Å². The Hall–Kier alpha value is -0.740. The topological polar surface area (TPSA) is 33.2 Å². The Morgan fingerprint density at radius 1 is 1.45 bits per heavy atom. The van der Waals surface area contributed by atoms with E-state index in [2.05, 4.69) is 4.98 Å². The lowest BCUT2D eigenvalue weighted by molar-refractivity contribution is -0.131. The molecule has 3 nitrogen and oxygen atoms in total. The Balaban J connectivity index is 1.96. The van der Waals surface area contributed by atoms with E-state index >= 15 is 0 Å². The van der Waals surface area contributed by atoms with Crippen LogP contribution in [-0.2, 0) is 4.79 Å². The molecule has 1 saturated carbocycles. The number of aromatic nitrogens is 1. The molecule has 2 rings (SSSR count). The molecule has 5 heteroatoms. The van der Waals surface area contributed by atoms with Gasteiger partial charge in [0.2, 0.25) is 5.91 Å². The fourth-order valence-corrected chi connectivity index (χ4v) is 3.77. The van der Waals surface area contributed by atoms with E-state index < -0.39 is 0 Å². The fraction of sp³-hybridized carbons (Fsp3) is 0.600. The molecule has 0 aromatic carbocycles. The minimum Gasteiger partial charge on any atom is -0.342 e. The van der Waals surface area contributed by atoms with Gasteiger partial charge >= 0.3 is 0 Å². The monoisotopic (exact) mass is 312 g/mol. The Kier molecular flexibility index (Phi) is 5.73. The van der Waals surface area contributed by atoms with E-state index in [1.54, 1.807) is 18.3 Å². The quantitative estimate of drug-likeness (QED) is 0.788. The predicted octanol–water partition coefficient (Wildman–Crippen LogP) is 4.01. The van der Waals surface area contributed by atoms with Crippen molar-refractivity contribution in [1.82, 2.24) is 9.88 Å². The number of thioether (sulfide) groups is 1. The maximum Gasteiger partial charge on any atom is 0.235 e. The molecule has 1 aromatic rings. The number of carbonyl (C=O) groups excluding carboxylic acids is 1. The van der Waals surface area contributed by atoms with Crippen molar-refractivity contribution in [2.45, 2.75) is 55.3 Å². The minimum atomic E-state index is -0.158. The number of hydrogen-bond donors (Lipinski definition) is 0. The summed E-state index contributed by atoms with van der Waals surface area (Å²) in [5.41, 5.74) is 0. The summed E-state index contributed by atoms with van der Waals surface area (Å²) >= 11 is 7.53. The molecule has 1 atom stereocenters.